The minimum atomic E-state index is -4.63. The van der Waals surface area contributed by atoms with Crippen LogP contribution in [0.15, 0.2) is 66.7 Å². The molecule has 2 aromatic carbocycles. The fourth-order valence-electron chi connectivity index (χ4n) is 4.34. The monoisotopic (exact) mass is 576 g/mol. The fourth-order valence-corrected chi connectivity index (χ4v) is 4.34. The Morgan fingerprint density at radius 2 is 1.85 bits per heavy atom. The number of aliphatic hydroxyl groups is 1. The molecule has 0 fully saturated rings. The van der Waals surface area contributed by atoms with Crippen LogP contribution >= 0.6 is 0 Å². The molecule has 41 heavy (non-hydrogen) atoms. The van der Waals surface area contributed by atoms with Gasteiger partial charge in [0.15, 0.2) is 0 Å². The average molecular weight is 577 g/mol. The molecule has 0 aliphatic carbocycles. The van der Waals surface area contributed by atoms with E-state index in [1.807, 2.05) is 35.6 Å². The van der Waals surface area contributed by atoms with E-state index in [-0.39, 0.29) is 25.9 Å². The first-order valence-electron chi connectivity index (χ1n) is 13.3. The lowest BCUT2D eigenvalue weighted by molar-refractivity contribution is -0.140. The standard InChI is InChI=1S/C29H35F3N4O5/c1-19(37)34-23-12-5-6-15-41-22-11-7-10-21(16-22)17-25(26(38)33-18-29(30,31)32)36-28(40)24(35-27(23)39)14-13-20-8-3-2-4-9-20/h2-11,16,23-25,28,36,40H,12-15,17-18H2,1H3,(H,33,38)(H,34,37)(H,35,39)/b6-5-/t23-,24-,25-,28?/m0/s1. The molecule has 1 unspecified atom stereocenters. The number of halogens is 3. The molecule has 3 rings (SSSR count). The zero-order chi connectivity index (χ0) is 29.8. The Morgan fingerprint density at radius 1 is 1.10 bits per heavy atom. The highest BCUT2D eigenvalue weighted by Crippen LogP contribution is 2.17. The minimum Gasteiger partial charge on any atom is -0.490 e. The van der Waals surface area contributed by atoms with E-state index in [2.05, 4.69) is 16.0 Å². The molecule has 12 heteroatoms. The van der Waals surface area contributed by atoms with Gasteiger partial charge in [-0.15, -0.1) is 0 Å². The lowest BCUT2D eigenvalue weighted by Crippen LogP contribution is -2.59. The quantitative estimate of drug-likeness (QED) is 0.336. The van der Waals surface area contributed by atoms with E-state index in [1.165, 1.54) is 6.92 Å². The van der Waals surface area contributed by atoms with Crippen LogP contribution in [0.5, 0.6) is 5.75 Å². The second kappa shape index (κ2) is 15.2. The van der Waals surface area contributed by atoms with Gasteiger partial charge in [-0.2, -0.15) is 13.2 Å². The summed E-state index contributed by atoms with van der Waals surface area (Å²) < 4.78 is 44.3. The Morgan fingerprint density at radius 3 is 2.56 bits per heavy atom. The van der Waals surface area contributed by atoms with Crippen molar-refractivity contribution in [2.24, 2.45) is 0 Å². The number of alkyl halides is 3. The van der Waals surface area contributed by atoms with Crippen LogP contribution in [0.1, 0.15) is 30.9 Å². The van der Waals surface area contributed by atoms with Gasteiger partial charge in [0.2, 0.25) is 17.7 Å². The molecular weight excluding hydrogens is 541 g/mol. The molecule has 222 valence electrons. The van der Waals surface area contributed by atoms with E-state index in [0.717, 1.165) is 5.56 Å². The van der Waals surface area contributed by atoms with Crippen molar-refractivity contribution in [1.82, 2.24) is 21.3 Å². The van der Waals surface area contributed by atoms with Gasteiger partial charge in [0.1, 0.15) is 31.2 Å². The van der Waals surface area contributed by atoms with Gasteiger partial charge < -0.3 is 25.8 Å². The Hall–Kier alpha value is -3.90. The predicted octanol–water partition coefficient (Wildman–Crippen LogP) is 2.15. The van der Waals surface area contributed by atoms with Crippen LogP contribution in [0.2, 0.25) is 0 Å². The van der Waals surface area contributed by atoms with Crippen molar-refractivity contribution in [3.63, 3.8) is 0 Å². The number of aryl methyl sites for hydroxylation is 1. The van der Waals surface area contributed by atoms with Gasteiger partial charge in [-0.05, 0) is 48.9 Å². The van der Waals surface area contributed by atoms with Gasteiger partial charge in [-0.3, -0.25) is 19.7 Å². The Balaban J connectivity index is 1.92. The third kappa shape index (κ3) is 11.2. The van der Waals surface area contributed by atoms with Crippen LogP contribution in [0.25, 0.3) is 0 Å². The van der Waals surface area contributed by atoms with Crippen LogP contribution in [0.3, 0.4) is 0 Å². The van der Waals surface area contributed by atoms with Crippen molar-refractivity contribution >= 4 is 17.7 Å². The second-order valence-electron chi connectivity index (χ2n) is 9.76. The number of hydrogen-bond acceptors (Lipinski definition) is 6. The summed E-state index contributed by atoms with van der Waals surface area (Å²) >= 11 is 0. The summed E-state index contributed by atoms with van der Waals surface area (Å²) in [6.07, 6.45) is -2.01. The lowest BCUT2D eigenvalue weighted by atomic mass is 10.0. The number of carbonyl (C=O) groups is 3. The number of hydrogen-bond donors (Lipinski definition) is 5. The highest BCUT2D eigenvalue weighted by Gasteiger charge is 2.32. The van der Waals surface area contributed by atoms with E-state index in [0.29, 0.717) is 17.7 Å². The van der Waals surface area contributed by atoms with Gasteiger partial charge in [-0.25, -0.2) is 0 Å². The average Bonchev–Trinajstić information content (AvgIpc) is 2.92. The van der Waals surface area contributed by atoms with Crippen molar-refractivity contribution in [1.29, 1.82) is 0 Å². The summed E-state index contributed by atoms with van der Waals surface area (Å²) in [6.45, 7) is -0.105. The van der Waals surface area contributed by atoms with Gasteiger partial charge in [-0.1, -0.05) is 54.6 Å². The molecule has 0 saturated heterocycles. The molecule has 0 saturated carbocycles. The van der Waals surface area contributed by atoms with Crippen LogP contribution < -0.4 is 26.0 Å². The number of carbonyl (C=O) groups excluding carboxylic acids is 3. The molecule has 1 aliphatic heterocycles. The van der Waals surface area contributed by atoms with E-state index in [1.54, 1.807) is 36.4 Å². The molecular formula is C29H35F3N4O5. The highest BCUT2D eigenvalue weighted by atomic mass is 19.4. The Bertz CT molecular complexity index is 1190. The molecule has 2 aromatic rings. The van der Waals surface area contributed by atoms with Crippen molar-refractivity contribution in [3.05, 3.63) is 77.9 Å². The van der Waals surface area contributed by atoms with Crippen LogP contribution in [-0.2, 0) is 27.2 Å². The van der Waals surface area contributed by atoms with Gasteiger partial charge in [0.25, 0.3) is 0 Å². The molecule has 0 aromatic heterocycles. The number of ether oxygens (including phenoxy) is 1. The molecule has 1 heterocycles. The van der Waals surface area contributed by atoms with E-state index < -0.39 is 54.8 Å². The maximum Gasteiger partial charge on any atom is 0.405 e. The number of aliphatic hydroxyl groups excluding tert-OH is 1. The first-order valence-corrected chi connectivity index (χ1v) is 13.3. The molecule has 5 N–H and O–H groups in total. The number of nitrogens with one attached hydrogen (secondary N) is 4. The Labute approximate surface area is 236 Å². The molecule has 4 atom stereocenters. The molecule has 1 aliphatic rings. The molecule has 3 amide bonds. The summed E-state index contributed by atoms with van der Waals surface area (Å²) in [7, 11) is 0. The lowest BCUT2D eigenvalue weighted by Gasteiger charge is -2.30. The molecule has 0 spiro atoms. The van der Waals surface area contributed by atoms with E-state index in [9.17, 15) is 32.7 Å². The first-order chi connectivity index (χ1) is 19.5. The van der Waals surface area contributed by atoms with Crippen molar-refractivity contribution < 1.29 is 37.4 Å². The summed E-state index contributed by atoms with van der Waals surface area (Å²) in [5, 5.41) is 21.2. The minimum absolute atomic E-state index is 0.0678. The van der Waals surface area contributed by atoms with Crippen molar-refractivity contribution in [2.45, 2.75) is 63.1 Å². The zero-order valence-corrected chi connectivity index (χ0v) is 22.6. The Kier molecular flexibility index (Phi) is 11.7. The van der Waals surface area contributed by atoms with Gasteiger partial charge >= 0.3 is 6.18 Å². The fraction of sp³-hybridized carbons (Fsp3) is 0.414. The third-order valence-electron chi connectivity index (χ3n) is 6.36. The molecule has 0 radical (unpaired) electrons. The van der Waals surface area contributed by atoms with E-state index >= 15 is 0 Å². The zero-order valence-electron chi connectivity index (χ0n) is 22.6. The predicted molar refractivity (Wildman–Crippen MR) is 146 cm³/mol. The van der Waals surface area contributed by atoms with Crippen LogP contribution in [-0.4, -0.2) is 66.5 Å². The molecule has 9 nitrogen and oxygen atoms in total. The molecule has 2 bridgehead atoms. The second-order valence-corrected chi connectivity index (χ2v) is 9.76. The highest BCUT2D eigenvalue weighted by molar-refractivity contribution is 5.87. The number of fused-ring (bicyclic) bond motifs is 2. The summed E-state index contributed by atoms with van der Waals surface area (Å²) in [6, 6.07) is 12.8. The van der Waals surface area contributed by atoms with Crippen molar-refractivity contribution in [2.75, 3.05) is 13.2 Å². The van der Waals surface area contributed by atoms with Crippen molar-refractivity contribution in [3.8, 4) is 5.75 Å². The summed E-state index contributed by atoms with van der Waals surface area (Å²) in [5.41, 5.74) is 1.51. The normalized spacial score (nSPS) is 23.0. The third-order valence-corrected chi connectivity index (χ3v) is 6.36. The summed E-state index contributed by atoms with van der Waals surface area (Å²) in [4.78, 5) is 37.9. The number of benzene rings is 2. The van der Waals surface area contributed by atoms with Crippen LogP contribution in [0, 0.1) is 0 Å². The van der Waals surface area contributed by atoms with Crippen LogP contribution in [0.4, 0.5) is 13.2 Å². The number of rotatable bonds is 6. The van der Waals surface area contributed by atoms with Gasteiger partial charge in [0.05, 0.1) is 12.1 Å². The maximum atomic E-state index is 13.2. The maximum absolute atomic E-state index is 13.2. The first kappa shape index (κ1) is 31.6. The summed E-state index contributed by atoms with van der Waals surface area (Å²) in [5.74, 6) is -1.51. The smallest absolute Gasteiger partial charge is 0.405 e. The van der Waals surface area contributed by atoms with Gasteiger partial charge in [0, 0.05) is 6.92 Å². The largest absolute Gasteiger partial charge is 0.490 e. The SMILES string of the molecule is CC(=O)N[C@H]1C/C=C\COc2cccc(c2)C[C@@H](C(=O)NCC(F)(F)F)NC(O)[C@H](CCc2ccccc2)NC1=O. The number of amides is 3. The van der Waals surface area contributed by atoms with E-state index in [4.69, 9.17) is 4.74 Å². The topological polar surface area (TPSA) is 129 Å².